The molecule has 0 spiro atoms. The standard InChI is InChI=1S/C11H19N5O/c1-2-16(7-9-4-3-5-17-9)11-6-10(15-12)13-8-14-11/h6,8-9H,2-5,7,12H2,1H3,(H,13,14,15). The molecule has 3 N–H and O–H groups in total. The highest BCUT2D eigenvalue weighted by molar-refractivity contribution is 5.47. The quantitative estimate of drug-likeness (QED) is 0.582. The van der Waals surface area contributed by atoms with Crippen molar-refractivity contribution >= 4 is 11.6 Å². The van der Waals surface area contributed by atoms with Crippen molar-refractivity contribution in [2.45, 2.75) is 25.9 Å². The maximum atomic E-state index is 5.64. The summed E-state index contributed by atoms with van der Waals surface area (Å²) in [7, 11) is 0. The molecule has 0 amide bonds. The van der Waals surface area contributed by atoms with Gasteiger partial charge in [0.1, 0.15) is 18.0 Å². The Morgan fingerprint density at radius 2 is 2.47 bits per heavy atom. The average Bonchev–Trinajstić information content (AvgIpc) is 2.89. The van der Waals surface area contributed by atoms with Crippen LogP contribution in [-0.2, 0) is 4.74 Å². The van der Waals surface area contributed by atoms with E-state index in [-0.39, 0.29) is 0 Å². The molecular weight excluding hydrogens is 218 g/mol. The van der Waals surface area contributed by atoms with Crippen LogP contribution in [0.15, 0.2) is 12.4 Å². The van der Waals surface area contributed by atoms with Crippen LogP contribution < -0.4 is 16.2 Å². The van der Waals surface area contributed by atoms with Crippen molar-refractivity contribution in [2.24, 2.45) is 5.84 Å². The molecule has 0 aliphatic carbocycles. The number of rotatable bonds is 5. The van der Waals surface area contributed by atoms with E-state index in [0.717, 1.165) is 38.4 Å². The van der Waals surface area contributed by atoms with E-state index >= 15 is 0 Å². The Labute approximate surface area is 101 Å². The molecule has 0 saturated carbocycles. The molecule has 1 aliphatic heterocycles. The Morgan fingerprint density at radius 3 is 3.12 bits per heavy atom. The van der Waals surface area contributed by atoms with Gasteiger partial charge in [-0.15, -0.1) is 0 Å². The van der Waals surface area contributed by atoms with Crippen LogP contribution in [0, 0.1) is 0 Å². The summed E-state index contributed by atoms with van der Waals surface area (Å²) in [4.78, 5) is 10.4. The first-order valence-electron chi connectivity index (χ1n) is 5.98. The van der Waals surface area contributed by atoms with Gasteiger partial charge in [-0.05, 0) is 19.8 Å². The second-order valence-electron chi connectivity index (χ2n) is 4.08. The number of nitrogen functional groups attached to an aromatic ring is 1. The highest BCUT2D eigenvalue weighted by atomic mass is 16.5. The van der Waals surface area contributed by atoms with E-state index in [1.165, 1.54) is 6.33 Å². The first-order valence-corrected chi connectivity index (χ1v) is 5.98. The summed E-state index contributed by atoms with van der Waals surface area (Å²) >= 11 is 0. The lowest BCUT2D eigenvalue weighted by atomic mass is 10.2. The number of nitrogens with two attached hydrogens (primary N) is 1. The lowest BCUT2D eigenvalue weighted by Gasteiger charge is -2.24. The van der Waals surface area contributed by atoms with E-state index in [1.807, 2.05) is 6.07 Å². The fraction of sp³-hybridized carbons (Fsp3) is 0.636. The number of anilines is 2. The zero-order valence-corrected chi connectivity index (χ0v) is 10.1. The van der Waals surface area contributed by atoms with Gasteiger partial charge in [-0.3, -0.25) is 0 Å². The molecule has 2 heterocycles. The van der Waals surface area contributed by atoms with Crippen molar-refractivity contribution in [2.75, 3.05) is 30.0 Å². The summed E-state index contributed by atoms with van der Waals surface area (Å²) in [6.07, 6.45) is 4.12. The van der Waals surface area contributed by atoms with Crippen molar-refractivity contribution in [1.29, 1.82) is 0 Å². The van der Waals surface area contributed by atoms with Gasteiger partial charge in [-0.1, -0.05) is 0 Å². The minimum Gasteiger partial charge on any atom is -0.376 e. The lowest BCUT2D eigenvalue weighted by molar-refractivity contribution is 0.115. The van der Waals surface area contributed by atoms with E-state index < -0.39 is 0 Å². The summed E-state index contributed by atoms with van der Waals surface area (Å²) in [6.45, 7) is 4.74. The van der Waals surface area contributed by atoms with Gasteiger partial charge in [-0.2, -0.15) is 0 Å². The Kier molecular flexibility index (Phi) is 4.11. The Balaban J connectivity index is 2.04. The fourth-order valence-corrected chi connectivity index (χ4v) is 2.02. The highest BCUT2D eigenvalue weighted by Crippen LogP contribution is 2.18. The summed E-state index contributed by atoms with van der Waals surface area (Å²) in [5.41, 5.74) is 2.53. The van der Waals surface area contributed by atoms with Gasteiger partial charge >= 0.3 is 0 Å². The Bertz CT molecular complexity index is 353. The molecule has 1 fully saturated rings. The molecule has 1 saturated heterocycles. The molecule has 94 valence electrons. The van der Waals surface area contributed by atoms with Gasteiger partial charge in [0.05, 0.1) is 6.10 Å². The van der Waals surface area contributed by atoms with Crippen molar-refractivity contribution < 1.29 is 4.74 Å². The first kappa shape index (κ1) is 12.1. The molecule has 1 unspecified atom stereocenters. The fourth-order valence-electron chi connectivity index (χ4n) is 2.02. The van der Waals surface area contributed by atoms with Crippen molar-refractivity contribution in [3.63, 3.8) is 0 Å². The molecule has 1 aromatic heterocycles. The molecule has 0 aromatic carbocycles. The molecule has 0 bridgehead atoms. The second-order valence-corrected chi connectivity index (χ2v) is 4.08. The largest absolute Gasteiger partial charge is 0.376 e. The van der Waals surface area contributed by atoms with Crippen LogP contribution in [-0.4, -0.2) is 35.8 Å². The lowest BCUT2D eigenvalue weighted by Crippen LogP contribution is -2.32. The number of nitrogens with zero attached hydrogens (tertiary/aromatic N) is 3. The number of hydrogen-bond acceptors (Lipinski definition) is 6. The Morgan fingerprint density at radius 1 is 1.59 bits per heavy atom. The molecule has 1 atom stereocenters. The second kappa shape index (κ2) is 5.79. The maximum Gasteiger partial charge on any atom is 0.145 e. The molecule has 6 heteroatoms. The predicted molar refractivity (Wildman–Crippen MR) is 66.7 cm³/mol. The number of hydrogen-bond donors (Lipinski definition) is 2. The molecule has 6 nitrogen and oxygen atoms in total. The molecule has 1 aliphatic rings. The van der Waals surface area contributed by atoms with Crippen LogP contribution in [0.2, 0.25) is 0 Å². The first-order chi connectivity index (χ1) is 8.33. The third-order valence-electron chi connectivity index (χ3n) is 2.95. The third kappa shape index (κ3) is 3.04. The molecular formula is C11H19N5O. The summed E-state index contributed by atoms with van der Waals surface area (Å²) in [5, 5.41) is 0. The average molecular weight is 237 g/mol. The van der Waals surface area contributed by atoms with E-state index in [0.29, 0.717) is 11.9 Å². The van der Waals surface area contributed by atoms with Gasteiger partial charge < -0.3 is 15.1 Å². The van der Waals surface area contributed by atoms with Crippen molar-refractivity contribution in [3.05, 3.63) is 12.4 Å². The van der Waals surface area contributed by atoms with Crippen LogP contribution in [0.5, 0.6) is 0 Å². The Hall–Kier alpha value is -1.40. The summed E-state index contributed by atoms with van der Waals surface area (Å²) < 4.78 is 5.64. The summed E-state index contributed by atoms with van der Waals surface area (Å²) in [6, 6.07) is 1.85. The van der Waals surface area contributed by atoms with E-state index in [4.69, 9.17) is 10.6 Å². The van der Waals surface area contributed by atoms with Crippen molar-refractivity contribution in [1.82, 2.24) is 9.97 Å². The maximum absolute atomic E-state index is 5.64. The minimum absolute atomic E-state index is 0.319. The van der Waals surface area contributed by atoms with Gasteiger partial charge in [0, 0.05) is 25.8 Å². The smallest absolute Gasteiger partial charge is 0.145 e. The molecule has 0 radical (unpaired) electrons. The van der Waals surface area contributed by atoms with Gasteiger partial charge in [0.15, 0.2) is 0 Å². The van der Waals surface area contributed by atoms with Gasteiger partial charge in [-0.25, -0.2) is 15.8 Å². The van der Waals surface area contributed by atoms with Gasteiger partial charge in [0.2, 0.25) is 0 Å². The number of aromatic nitrogens is 2. The third-order valence-corrected chi connectivity index (χ3v) is 2.95. The summed E-state index contributed by atoms with van der Waals surface area (Å²) in [5.74, 6) is 6.85. The highest BCUT2D eigenvalue weighted by Gasteiger charge is 2.19. The van der Waals surface area contributed by atoms with Gasteiger partial charge in [0.25, 0.3) is 0 Å². The monoisotopic (exact) mass is 237 g/mol. The van der Waals surface area contributed by atoms with Crippen LogP contribution in [0.4, 0.5) is 11.6 Å². The molecule has 2 rings (SSSR count). The molecule has 17 heavy (non-hydrogen) atoms. The van der Waals surface area contributed by atoms with E-state index in [1.54, 1.807) is 0 Å². The minimum atomic E-state index is 0.319. The normalized spacial score (nSPS) is 19.3. The SMILES string of the molecule is CCN(CC1CCCO1)c1cc(NN)ncn1. The van der Waals surface area contributed by atoms with Crippen LogP contribution >= 0.6 is 0 Å². The topological polar surface area (TPSA) is 76.3 Å². The van der Waals surface area contributed by atoms with Crippen LogP contribution in [0.1, 0.15) is 19.8 Å². The number of likely N-dealkylation sites (N-methyl/N-ethyl adjacent to an activating group) is 1. The van der Waals surface area contributed by atoms with E-state index in [2.05, 4.69) is 27.2 Å². The van der Waals surface area contributed by atoms with Crippen LogP contribution in [0.25, 0.3) is 0 Å². The molecule has 1 aromatic rings. The van der Waals surface area contributed by atoms with Crippen molar-refractivity contribution in [3.8, 4) is 0 Å². The zero-order chi connectivity index (χ0) is 12.1. The van der Waals surface area contributed by atoms with Crippen LogP contribution in [0.3, 0.4) is 0 Å². The van der Waals surface area contributed by atoms with E-state index in [9.17, 15) is 0 Å². The number of nitrogens with one attached hydrogen (secondary N) is 1. The predicted octanol–water partition coefficient (Wildman–Crippen LogP) is 0.767. The zero-order valence-electron chi connectivity index (χ0n) is 10.1. The number of hydrazine groups is 1. The number of ether oxygens (including phenoxy) is 1.